The van der Waals surface area contributed by atoms with Gasteiger partial charge in [-0.05, 0) is 12.1 Å². The van der Waals surface area contributed by atoms with Gasteiger partial charge in [-0.25, -0.2) is 9.07 Å². The second-order valence-corrected chi connectivity index (χ2v) is 4.81. The maximum Gasteiger partial charge on any atom is 0.251 e. The maximum absolute atomic E-state index is 14.0. The van der Waals surface area contributed by atoms with Crippen molar-refractivity contribution < 1.29 is 9.18 Å². The predicted octanol–water partition coefficient (Wildman–Crippen LogP) is 1.61. The Morgan fingerprint density at radius 1 is 1.50 bits per heavy atom. The normalized spacial score (nSPS) is 11.0. The molecule has 106 valence electrons. The number of hydrogen-bond acceptors (Lipinski definition) is 3. The molecule has 0 saturated carbocycles. The lowest BCUT2D eigenvalue weighted by Gasteiger charge is -2.13. The summed E-state index contributed by atoms with van der Waals surface area (Å²) in [5.74, 6) is -0.874. The molecule has 6 heteroatoms. The molecule has 1 amide bonds. The Kier molecular flexibility index (Phi) is 4.14. The fourth-order valence-electron chi connectivity index (χ4n) is 1.82. The number of carbonyl (C=O) groups is 1. The molecule has 0 fully saturated rings. The Labute approximate surface area is 116 Å². The van der Waals surface area contributed by atoms with Crippen LogP contribution in [0.15, 0.2) is 30.6 Å². The zero-order valence-electron chi connectivity index (χ0n) is 11.4. The van der Waals surface area contributed by atoms with Crippen molar-refractivity contribution in [1.82, 2.24) is 15.1 Å². The summed E-state index contributed by atoms with van der Waals surface area (Å²) >= 11 is 0. The van der Waals surface area contributed by atoms with Crippen LogP contribution < -0.4 is 11.1 Å². The van der Waals surface area contributed by atoms with Crippen molar-refractivity contribution in [2.45, 2.75) is 26.4 Å². The molecule has 5 nitrogen and oxygen atoms in total. The van der Waals surface area contributed by atoms with Crippen LogP contribution in [0, 0.1) is 5.82 Å². The van der Waals surface area contributed by atoms with Crippen LogP contribution in [0.3, 0.4) is 0 Å². The van der Waals surface area contributed by atoms with Crippen LogP contribution in [0.5, 0.6) is 0 Å². The highest BCUT2D eigenvalue weighted by molar-refractivity contribution is 5.92. The lowest BCUT2D eigenvalue weighted by molar-refractivity contribution is 0.100. The molecule has 0 spiro atoms. The Morgan fingerprint density at radius 2 is 2.25 bits per heavy atom. The highest BCUT2D eigenvalue weighted by atomic mass is 19.1. The van der Waals surface area contributed by atoms with E-state index in [0.29, 0.717) is 17.8 Å². The third-order valence-corrected chi connectivity index (χ3v) is 2.90. The summed E-state index contributed by atoms with van der Waals surface area (Å²) in [6.07, 6.45) is 2.86. The minimum absolute atomic E-state index is 0.237. The second kappa shape index (κ2) is 5.83. The molecule has 0 unspecified atom stereocenters. The molecule has 0 aliphatic rings. The summed E-state index contributed by atoms with van der Waals surface area (Å²) in [6.45, 7) is 4.35. The number of benzene rings is 1. The number of carbonyl (C=O) groups excluding carboxylic acids is 1. The van der Waals surface area contributed by atoms with Gasteiger partial charge < -0.3 is 11.1 Å². The maximum atomic E-state index is 14.0. The Hall–Kier alpha value is -2.21. The molecule has 3 N–H and O–H groups in total. The third-order valence-electron chi connectivity index (χ3n) is 2.90. The SMILES string of the molecule is CC(C)NCc1c(F)cccc1-n1cc(C(N)=O)cn1. The fourth-order valence-corrected chi connectivity index (χ4v) is 1.82. The van der Waals surface area contributed by atoms with Crippen molar-refractivity contribution in [1.29, 1.82) is 0 Å². The number of primary amides is 1. The molecule has 2 rings (SSSR count). The summed E-state index contributed by atoms with van der Waals surface area (Å²) in [5, 5.41) is 7.23. The summed E-state index contributed by atoms with van der Waals surface area (Å²) in [4.78, 5) is 11.1. The number of halogens is 1. The largest absolute Gasteiger partial charge is 0.366 e. The van der Waals surface area contributed by atoms with Gasteiger partial charge in [-0.3, -0.25) is 4.79 Å². The second-order valence-electron chi connectivity index (χ2n) is 4.81. The average molecular weight is 276 g/mol. The van der Waals surface area contributed by atoms with E-state index in [1.54, 1.807) is 12.1 Å². The van der Waals surface area contributed by atoms with Gasteiger partial charge in [-0.2, -0.15) is 5.10 Å². The van der Waals surface area contributed by atoms with Gasteiger partial charge in [0.05, 0.1) is 17.4 Å². The number of nitrogens with two attached hydrogens (primary N) is 1. The molecule has 1 aromatic heterocycles. The summed E-state index contributed by atoms with van der Waals surface area (Å²) in [5.41, 5.74) is 6.57. The first kappa shape index (κ1) is 14.2. The first-order chi connectivity index (χ1) is 9.49. The zero-order valence-corrected chi connectivity index (χ0v) is 11.4. The van der Waals surface area contributed by atoms with E-state index in [2.05, 4.69) is 10.4 Å². The van der Waals surface area contributed by atoms with Crippen molar-refractivity contribution >= 4 is 5.91 Å². The van der Waals surface area contributed by atoms with Crippen molar-refractivity contribution in [3.63, 3.8) is 0 Å². The van der Waals surface area contributed by atoms with Crippen molar-refractivity contribution in [2.75, 3.05) is 0 Å². The van der Waals surface area contributed by atoms with Gasteiger partial charge in [0.25, 0.3) is 5.91 Å². The van der Waals surface area contributed by atoms with E-state index < -0.39 is 5.91 Å². The highest BCUT2D eigenvalue weighted by Gasteiger charge is 2.12. The number of hydrogen-bond donors (Lipinski definition) is 2. The summed E-state index contributed by atoms with van der Waals surface area (Å²) < 4.78 is 15.4. The minimum atomic E-state index is -0.561. The van der Waals surface area contributed by atoms with Gasteiger partial charge in [0.2, 0.25) is 0 Å². The monoisotopic (exact) mass is 276 g/mol. The van der Waals surface area contributed by atoms with E-state index in [9.17, 15) is 9.18 Å². The van der Waals surface area contributed by atoms with Gasteiger partial charge in [-0.1, -0.05) is 19.9 Å². The first-order valence-electron chi connectivity index (χ1n) is 6.34. The van der Waals surface area contributed by atoms with Gasteiger partial charge in [-0.15, -0.1) is 0 Å². The molecular weight excluding hydrogens is 259 g/mol. The van der Waals surface area contributed by atoms with Gasteiger partial charge >= 0.3 is 0 Å². The molecule has 20 heavy (non-hydrogen) atoms. The lowest BCUT2D eigenvalue weighted by atomic mass is 10.1. The number of rotatable bonds is 5. The van der Waals surface area contributed by atoms with Crippen LogP contribution in [0.2, 0.25) is 0 Å². The third kappa shape index (κ3) is 3.03. The number of amides is 1. The lowest BCUT2D eigenvalue weighted by Crippen LogP contribution is -2.23. The fraction of sp³-hybridized carbons (Fsp3) is 0.286. The molecule has 2 aromatic rings. The molecule has 0 aliphatic heterocycles. The van der Waals surface area contributed by atoms with Crippen LogP contribution in [-0.2, 0) is 6.54 Å². The van der Waals surface area contributed by atoms with Gasteiger partial charge in [0.1, 0.15) is 5.82 Å². The van der Waals surface area contributed by atoms with E-state index in [0.717, 1.165) is 0 Å². The topological polar surface area (TPSA) is 72.9 Å². The minimum Gasteiger partial charge on any atom is -0.366 e. The smallest absolute Gasteiger partial charge is 0.251 e. The number of nitrogens with one attached hydrogen (secondary N) is 1. The molecular formula is C14H17FN4O. The van der Waals surface area contributed by atoms with Crippen LogP contribution in [0.1, 0.15) is 29.8 Å². The van der Waals surface area contributed by atoms with E-state index in [-0.39, 0.29) is 17.4 Å². The molecule has 0 aliphatic carbocycles. The van der Waals surface area contributed by atoms with E-state index in [1.165, 1.54) is 23.1 Å². The Balaban J connectivity index is 2.39. The molecule has 1 heterocycles. The van der Waals surface area contributed by atoms with Crippen molar-refractivity contribution in [2.24, 2.45) is 5.73 Å². The van der Waals surface area contributed by atoms with Crippen LogP contribution in [-0.4, -0.2) is 21.7 Å². The Bertz CT molecular complexity index is 621. The van der Waals surface area contributed by atoms with Crippen molar-refractivity contribution in [3.05, 3.63) is 47.5 Å². The number of aromatic nitrogens is 2. The molecule has 0 atom stereocenters. The molecule has 0 radical (unpaired) electrons. The highest BCUT2D eigenvalue weighted by Crippen LogP contribution is 2.18. The van der Waals surface area contributed by atoms with E-state index >= 15 is 0 Å². The van der Waals surface area contributed by atoms with E-state index in [4.69, 9.17) is 5.73 Å². The summed E-state index contributed by atoms with van der Waals surface area (Å²) in [6, 6.07) is 4.99. The van der Waals surface area contributed by atoms with E-state index in [1.807, 2.05) is 13.8 Å². The Morgan fingerprint density at radius 3 is 2.85 bits per heavy atom. The standard InChI is InChI=1S/C14H17FN4O/c1-9(2)17-7-11-12(15)4-3-5-13(11)19-8-10(6-18-19)14(16)20/h3-6,8-9,17H,7H2,1-2H3,(H2,16,20). The molecule has 1 aromatic carbocycles. The summed E-state index contributed by atoms with van der Waals surface area (Å²) in [7, 11) is 0. The number of nitrogens with zero attached hydrogens (tertiary/aromatic N) is 2. The van der Waals surface area contributed by atoms with Gasteiger partial charge in [0.15, 0.2) is 0 Å². The van der Waals surface area contributed by atoms with Crippen LogP contribution >= 0.6 is 0 Å². The van der Waals surface area contributed by atoms with Crippen LogP contribution in [0.25, 0.3) is 5.69 Å². The molecule has 0 bridgehead atoms. The quantitative estimate of drug-likeness (QED) is 0.871. The van der Waals surface area contributed by atoms with Gasteiger partial charge in [0, 0.05) is 24.3 Å². The first-order valence-corrected chi connectivity index (χ1v) is 6.34. The van der Waals surface area contributed by atoms with Crippen molar-refractivity contribution in [3.8, 4) is 5.69 Å². The molecule has 0 saturated heterocycles. The zero-order chi connectivity index (χ0) is 14.7. The predicted molar refractivity (Wildman–Crippen MR) is 74.0 cm³/mol. The average Bonchev–Trinajstić information content (AvgIpc) is 2.86. The van der Waals surface area contributed by atoms with Crippen LogP contribution in [0.4, 0.5) is 4.39 Å².